The maximum atomic E-state index is 13.8. The van der Waals surface area contributed by atoms with Gasteiger partial charge in [-0.3, -0.25) is 0 Å². The smallest absolute Gasteiger partial charge is 0.140 e. The highest BCUT2D eigenvalue weighted by molar-refractivity contribution is 8.00. The summed E-state index contributed by atoms with van der Waals surface area (Å²) < 4.78 is 32.6. The molecule has 1 N–H and O–H groups in total. The zero-order valence-corrected chi connectivity index (χ0v) is 11.2. The van der Waals surface area contributed by atoms with Crippen molar-refractivity contribution in [3.8, 4) is 0 Å². The molecule has 1 saturated heterocycles. The molecular weight excluding hydrogens is 256 g/mol. The van der Waals surface area contributed by atoms with E-state index in [1.165, 1.54) is 23.9 Å². The molecule has 1 aromatic carbocycles. The van der Waals surface area contributed by atoms with Crippen LogP contribution in [0.3, 0.4) is 0 Å². The number of halogens is 2. The summed E-state index contributed by atoms with van der Waals surface area (Å²) in [5.41, 5.74) is 0.646. The number of hydrogen-bond donors (Lipinski definition) is 1. The maximum absolute atomic E-state index is 13.8. The zero-order valence-electron chi connectivity index (χ0n) is 10.3. The summed E-state index contributed by atoms with van der Waals surface area (Å²) in [6.07, 6.45) is 1.00. The Morgan fingerprint density at radius 2 is 2.00 bits per heavy atom. The van der Waals surface area contributed by atoms with Crippen LogP contribution in [0.2, 0.25) is 0 Å². The molecule has 100 valence electrons. The SMILES string of the molecule is CCCNCc1cc(F)c(SC2COC2)c(F)c1. The van der Waals surface area contributed by atoms with E-state index in [1.807, 2.05) is 0 Å². The van der Waals surface area contributed by atoms with Crippen LogP contribution in [0.1, 0.15) is 18.9 Å². The van der Waals surface area contributed by atoms with E-state index < -0.39 is 11.6 Å². The first kappa shape index (κ1) is 13.8. The Balaban J connectivity index is 2.02. The lowest BCUT2D eigenvalue weighted by Gasteiger charge is -2.25. The van der Waals surface area contributed by atoms with Gasteiger partial charge in [-0.15, -0.1) is 11.8 Å². The highest BCUT2D eigenvalue weighted by atomic mass is 32.2. The van der Waals surface area contributed by atoms with Gasteiger partial charge in [0, 0.05) is 6.54 Å². The van der Waals surface area contributed by atoms with Gasteiger partial charge < -0.3 is 10.1 Å². The Morgan fingerprint density at radius 1 is 1.33 bits per heavy atom. The summed E-state index contributed by atoms with van der Waals surface area (Å²) in [4.78, 5) is 0.113. The quantitative estimate of drug-likeness (QED) is 0.805. The molecule has 2 rings (SSSR count). The van der Waals surface area contributed by atoms with Gasteiger partial charge in [-0.2, -0.15) is 0 Å². The van der Waals surface area contributed by atoms with E-state index in [1.54, 1.807) is 0 Å². The molecule has 0 aliphatic carbocycles. The molecule has 0 bridgehead atoms. The van der Waals surface area contributed by atoms with Gasteiger partial charge in [-0.25, -0.2) is 8.78 Å². The average Bonchev–Trinajstić information content (AvgIpc) is 2.26. The van der Waals surface area contributed by atoms with E-state index in [0.29, 0.717) is 25.3 Å². The second-order valence-electron chi connectivity index (χ2n) is 4.34. The first-order valence-electron chi connectivity index (χ1n) is 6.13. The molecule has 1 heterocycles. The van der Waals surface area contributed by atoms with Gasteiger partial charge >= 0.3 is 0 Å². The van der Waals surface area contributed by atoms with Crippen molar-refractivity contribution < 1.29 is 13.5 Å². The lowest BCUT2D eigenvalue weighted by Crippen LogP contribution is -2.30. The van der Waals surface area contributed by atoms with Crippen LogP contribution in [0.15, 0.2) is 17.0 Å². The van der Waals surface area contributed by atoms with Crippen LogP contribution in [0, 0.1) is 11.6 Å². The molecule has 18 heavy (non-hydrogen) atoms. The summed E-state index contributed by atoms with van der Waals surface area (Å²) >= 11 is 1.23. The minimum absolute atomic E-state index is 0.113. The molecule has 0 aromatic heterocycles. The van der Waals surface area contributed by atoms with Crippen LogP contribution in [0.25, 0.3) is 0 Å². The topological polar surface area (TPSA) is 21.3 Å². The number of benzene rings is 1. The highest BCUT2D eigenvalue weighted by Crippen LogP contribution is 2.32. The number of nitrogens with one attached hydrogen (secondary N) is 1. The van der Waals surface area contributed by atoms with Crippen molar-refractivity contribution in [2.75, 3.05) is 19.8 Å². The van der Waals surface area contributed by atoms with Crippen molar-refractivity contribution in [1.82, 2.24) is 5.32 Å². The number of rotatable bonds is 6. The second-order valence-corrected chi connectivity index (χ2v) is 5.65. The molecular formula is C13H17F2NOS. The van der Waals surface area contributed by atoms with Crippen molar-refractivity contribution in [2.45, 2.75) is 30.0 Å². The second kappa shape index (κ2) is 6.50. The molecule has 1 aliphatic heterocycles. The van der Waals surface area contributed by atoms with Crippen LogP contribution in [0.5, 0.6) is 0 Å². The van der Waals surface area contributed by atoms with Gasteiger partial charge in [0.15, 0.2) is 0 Å². The summed E-state index contributed by atoms with van der Waals surface area (Å²) in [7, 11) is 0. The largest absolute Gasteiger partial charge is 0.379 e. The predicted octanol–water partition coefficient (Wildman–Crippen LogP) is 2.96. The minimum atomic E-state index is -0.472. The summed E-state index contributed by atoms with van der Waals surface area (Å²) in [6, 6.07) is 2.82. The number of thioether (sulfide) groups is 1. The van der Waals surface area contributed by atoms with Crippen LogP contribution in [-0.2, 0) is 11.3 Å². The van der Waals surface area contributed by atoms with Crippen molar-refractivity contribution in [3.05, 3.63) is 29.3 Å². The molecule has 1 aromatic rings. The standard InChI is InChI=1S/C13H17F2NOS/c1-2-3-16-6-9-4-11(14)13(12(15)5-9)18-10-7-17-8-10/h4-5,10,16H,2-3,6-8H2,1H3. The van der Waals surface area contributed by atoms with Crippen LogP contribution >= 0.6 is 11.8 Å². The third-order valence-electron chi connectivity index (χ3n) is 2.71. The van der Waals surface area contributed by atoms with Gasteiger partial charge in [-0.05, 0) is 30.7 Å². The Bertz CT molecular complexity index is 387. The number of hydrogen-bond acceptors (Lipinski definition) is 3. The van der Waals surface area contributed by atoms with E-state index in [4.69, 9.17) is 4.74 Å². The fourth-order valence-corrected chi connectivity index (χ4v) is 2.69. The lowest BCUT2D eigenvalue weighted by molar-refractivity contribution is 0.0454. The fraction of sp³-hybridized carbons (Fsp3) is 0.538. The van der Waals surface area contributed by atoms with Crippen molar-refractivity contribution in [2.24, 2.45) is 0 Å². The highest BCUT2D eigenvalue weighted by Gasteiger charge is 2.23. The van der Waals surface area contributed by atoms with E-state index in [9.17, 15) is 8.78 Å². The normalized spacial score (nSPS) is 15.7. The molecule has 0 spiro atoms. The third kappa shape index (κ3) is 3.43. The molecule has 0 saturated carbocycles. The predicted molar refractivity (Wildman–Crippen MR) is 68.8 cm³/mol. The van der Waals surface area contributed by atoms with Gasteiger partial charge in [0.1, 0.15) is 11.6 Å². The van der Waals surface area contributed by atoms with Crippen molar-refractivity contribution in [1.29, 1.82) is 0 Å². The molecule has 1 fully saturated rings. The minimum Gasteiger partial charge on any atom is -0.379 e. The molecule has 1 aliphatic rings. The van der Waals surface area contributed by atoms with Gasteiger partial charge in [0.25, 0.3) is 0 Å². The Hall–Kier alpha value is -0.650. The fourth-order valence-electron chi connectivity index (χ4n) is 1.69. The summed E-state index contributed by atoms with van der Waals surface area (Å²) in [6.45, 7) is 4.54. The summed E-state index contributed by atoms with van der Waals surface area (Å²) in [5, 5.41) is 3.31. The Labute approximate surface area is 110 Å². The van der Waals surface area contributed by atoms with E-state index >= 15 is 0 Å². The van der Waals surface area contributed by atoms with E-state index in [2.05, 4.69) is 12.2 Å². The lowest BCUT2D eigenvalue weighted by atomic mass is 10.2. The molecule has 2 nitrogen and oxygen atoms in total. The van der Waals surface area contributed by atoms with Gasteiger partial charge in [0.2, 0.25) is 0 Å². The van der Waals surface area contributed by atoms with Crippen molar-refractivity contribution in [3.63, 3.8) is 0 Å². The Kier molecular flexibility index (Phi) is 4.97. The molecule has 0 unspecified atom stereocenters. The Morgan fingerprint density at radius 3 is 2.50 bits per heavy atom. The average molecular weight is 273 g/mol. The van der Waals surface area contributed by atoms with Crippen molar-refractivity contribution >= 4 is 11.8 Å². The first-order chi connectivity index (χ1) is 8.70. The van der Waals surface area contributed by atoms with Gasteiger partial charge in [-0.1, -0.05) is 6.92 Å². The molecule has 0 atom stereocenters. The van der Waals surface area contributed by atoms with Crippen LogP contribution < -0.4 is 5.32 Å². The molecule has 5 heteroatoms. The zero-order chi connectivity index (χ0) is 13.0. The van der Waals surface area contributed by atoms with Gasteiger partial charge in [0.05, 0.1) is 23.4 Å². The van der Waals surface area contributed by atoms with E-state index in [-0.39, 0.29) is 10.1 Å². The first-order valence-corrected chi connectivity index (χ1v) is 7.01. The monoisotopic (exact) mass is 273 g/mol. The molecule has 0 radical (unpaired) electrons. The number of ether oxygens (including phenoxy) is 1. The summed E-state index contributed by atoms with van der Waals surface area (Å²) in [5.74, 6) is -0.944. The maximum Gasteiger partial charge on any atom is 0.140 e. The third-order valence-corrected chi connectivity index (χ3v) is 3.94. The molecule has 0 amide bonds. The van der Waals surface area contributed by atoms with Crippen LogP contribution in [-0.4, -0.2) is 25.0 Å². The van der Waals surface area contributed by atoms with E-state index in [0.717, 1.165) is 13.0 Å². The van der Waals surface area contributed by atoms with Crippen LogP contribution in [0.4, 0.5) is 8.78 Å².